The third-order valence-corrected chi connectivity index (χ3v) is 4.59. The standard InChI is InChI=1S/C22H36O3/c1-2-3-4-5-6-7-8-9-10-11-12-13-14-15-16-17-20-18-21(23)22(24)19-25-20/h16-19,24H,2-15H2,1H3/b17-16+. The van der Waals surface area contributed by atoms with Crippen molar-refractivity contribution in [3.05, 3.63) is 34.4 Å². The second kappa shape index (κ2) is 14.8. The minimum atomic E-state index is -0.396. The first-order chi connectivity index (χ1) is 12.2. The summed E-state index contributed by atoms with van der Waals surface area (Å²) in [5, 5.41) is 9.12. The van der Waals surface area contributed by atoms with Gasteiger partial charge >= 0.3 is 0 Å². The molecule has 0 aliphatic rings. The van der Waals surface area contributed by atoms with E-state index in [0.29, 0.717) is 5.76 Å². The van der Waals surface area contributed by atoms with Crippen LogP contribution in [0.4, 0.5) is 0 Å². The molecule has 0 saturated carbocycles. The normalized spacial score (nSPS) is 11.4. The number of unbranched alkanes of at least 4 members (excludes halogenated alkanes) is 13. The minimum Gasteiger partial charge on any atom is -0.502 e. The highest BCUT2D eigenvalue weighted by atomic mass is 16.3. The van der Waals surface area contributed by atoms with Gasteiger partial charge in [0.1, 0.15) is 12.0 Å². The first kappa shape index (κ1) is 21.5. The maximum Gasteiger partial charge on any atom is 0.227 e. The van der Waals surface area contributed by atoms with Gasteiger partial charge < -0.3 is 9.52 Å². The number of aromatic hydroxyl groups is 1. The molecule has 25 heavy (non-hydrogen) atoms. The van der Waals surface area contributed by atoms with E-state index in [2.05, 4.69) is 6.92 Å². The van der Waals surface area contributed by atoms with Crippen LogP contribution in [-0.2, 0) is 0 Å². The van der Waals surface area contributed by atoms with Crippen LogP contribution < -0.4 is 5.43 Å². The molecule has 3 nitrogen and oxygen atoms in total. The molecule has 1 heterocycles. The van der Waals surface area contributed by atoms with Crippen LogP contribution in [0.2, 0.25) is 0 Å². The summed E-state index contributed by atoms with van der Waals surface area (Å²) in [5.41, 5.74) is -0.396. The molecular formula is C22H36O3. The fraction of sp³-hybridized carbons (Fsp3) is 0.682. The van der Waals surface area contributed by atoms with Crippen molar-refractivity contribution >= 4 is 6.08 Å². The number of rotatable bonds is 15. The molecule has 1 rings (SSSR count). The Labute approximate surface area is 153 Å². The lowest BCUT2D eigenvalue weighted by Gasteiger charge is -2.02. The fourth-order valence-corrected chi connectivity index (χ4v) is 2.99. The van der Waals surface area contributed by atoms with E-state index in [0.717, 1.165) is 12.7 Å². The van der Waals surface area contributed by atoms with Gasteiger partial charge in [0, 0.05) is 6.07 Å². The molecule has 0 radical (unpaired) electrons. The zero-order valence-electron chi connectivity index (χ0n) is 16.0. The Morgan fingerprint density at radius 3 is 1.92 bits per heavy atom. The first-order valence-electron chi connectivity index (χ1n) is 10.2. The molecular weight excluding hydrogens is 312 g/mol. The van der Waals surface area contributed by atoms with Crippen LogP contribution in [0.5, 0.6) is 5.75 Å². The molecule has 0 bridgehead atoms. The molecule has 0 unspecified atom stereocenters. The SMILES string of the molecule is CCCCCCCCCCCCCCC/C=C/c1cc(=O)c(O)co1. The second-order valence-electron chi connectivity index (χ2n) is 6.97. The van der Waals surface area contributed by atoms with Crippen LogP contribution in [0.3, 0.4) is 0 Å². The minimum absolute atomic E-state index is 0.339. The molecule has 0 amide bonds. The van der Waals surface area contributed by atoms with E-state index >= 15 is 0 Å². The van der Waals surface area contributed by atoms with Gasteiger partial charge in [0.2, 0.25) is 5.43 Å². The fourth-order valence-electron chi connectivity index (χ4n) is 2.99. The van der Waals surface area contributed by atoms with Crippen molar-refractivity contribution < 1.29 is 9.52 Å². The van der Waals surface area contributed by atoms with Crippen molar-refractivity contribution in [2.24, 2.45) is 0 Å². The average Bonchev–Trinajstić information content (AvgIpc) is 2.61. The lowest BCUT2D eigenvalue weighted by atomic mass is 10.0. The van der Waals surface area contributed by atoms with Crippen LogP contribution in [0.1, 0.15) is 103 Å². The van der Waals surface area contributed by atoms with Gasteiger partial charge in [0.15, 0.2) is 5.75 Å². The van der Waals surface area contributed by atoms with Crippen molar-refractivity contribution in [1.29, 1.82) is 0 Å². The molecule has 0 atom stereocenters. The third-order valence-electron chi connectivity index (χ3n) is 4.59. The second-order valence-corrected chi connectivity index (χ2v) is 6.97. The number of hydrogen-bond donors (Lipinski definition) is 1. The Kier molecular flexibility index (Phi) is 12.7. The zero-order valence-corrected chi connectivity index (χ0v) is 16.0. The van der Waals surface area contributed by atoms with Crippen LogP contribution in [0.15, 0.2) is 27.6 Å². The average molecular weight is 349 g/mol. The summed E-state index contributed by atoms with van der Waals surface area (Å²) in [6.07, 6.45) is 23.7. The molecule has 0 spiro atoms. The molecule has 3 heteroatoms. The Bertz CT molecular complexity index is 516. The molecule has 0 aliphatic carbocycles. The van der Waals surface area contributed by atoms with E-state index in [-0.39, 0.29) is 5.75 Å². The van der Waals surface area contributed by atoms with Gasteiger partial charge in [-0.1, -0.05) is 90.0 Å². The summed E-state index contributed by atoms with van der Waals surface area (Å²) in [6.45, 7) is 2.27. The van der Waals surface area contributed by atoms with E-state index in [4.69, 9.17) is 9.52 Å². The predicted octanol–water partition coefficient (Wildman–Crippen LogP) is 6.84. The van der Waals surface area contributed by atoms with Crippen LogP contribution in [-0.4, -0.2) is 5.11 Å². The topological polar surface area (TPSA) is 50.4 Å². The maximum absolute atomic E-state index is 11.3. The van der Waals surface area contributed by atoms with E-state index in [1.54, 1.807) is 6.08 Å². The monoisotopic (exact) mass is 348 g/mol. The van der Waals surface area contributed by atoms with Gasteiger partial charge in [-0.3, -0.25) is 4.79 Å². The summed E-state index contributed by atoms with van der Waals surface area (Å²) in [6, 6.07) is 1.32. The molecule has 1 N–H and O–H groups in total. The Morgan fingerprint density at radius 1 is 0.880 bits per heavy atom. The van der Waals surface area contributed by atoms with Crippen molar-refractivity contribution in [2.75, 3.05) is 0 Å². The smallest absolute Gasteiger partial charge is 0.227 e. The van der Waals surface area contributed by atoms with Crippen molar-refractivity contribution in [3.8, 4) is 5.75 Å². The Hall–Kier alpha value is -1.51. The van der Waals surface area contributed by atoms with Gasteiger partial charge in [0.25, 0.3) is 0 Å². The van der Waals surface area contributed by atoms with E-state index in [9.17, 15) is 4.79 Å². The maximum atomic E-state index is 11.3. The lowest BCUT2D eigenvalue weighted by Crippen LogP contribution is -1.97. The molecule has 0 saturated heterocycles. The highest BCUT2D eigenvalue weighted by molar-refractivity contribution is 5.42. The molecule has 142 valence electrons. The molecule has 0 aromatic carbocycles. The summed E-state index contributed by atoms with van der Waals surface area (Å²) in [7, 11) is 0. The summed E-state index contributed by atoms with van der Waals surface area (Å²) >= 11 is 0. The van der Waals surface area contributed by atoms with Crippen molar-refractivity contribution in [2.45, 2.75) is 96.8 Å². The van der Waals surface area contributed by atoms with E-state index < -0.39 is 5.43 Å². The summed E-state index contributed by atoms with van der Waals surface area (Å²) in [5.74, 6) is 0.158. The quantitative estimate of drug-likeness (QED) is 0.353. The Balaban J connectivity index is 1.88. The van der Waals surface area contributed by atoms with Gasteiger partial charge in [-0.15, -0.1) is 0 Å². The third kappa shape index (κ3) is 11.6. The number of hydrogen-bond acceptors (Lipinski definition) is 3. The zero-order chi connectivity index (χ0) is 18.2. The van der Waals surface area contributed by atoms with Crippen LogP contribution in [0.25, 0.3) is 6.08 Å². The van der Waals surface area contributed by atoms with E-state index in [1.165, 1.54) is 89.5 Å². The molecule has 1 aromatic rings. The van der Waals surface area contributed by atoms with Crippen LogP contribution >= 0.6 is 0 Å². The molecule has 0 fully saturated rings. The first-order valence-corrected chi connectivity index (χ1v) is 10.2. The lowest BCUT2D eigenvalue weighted by molar-refractivity contribution is 0.426. The molecule has 1 aromatic heterocycles. The summed E-state index contributed by atoms with van der Waals surface area (Å²) in [4.78, 5) is 11.3. The van der Waals surface area contributed by atoms with Crippen molar-refractivity contribution in [3.63, 3.8) is 0 Å². The number of allylic oxidation sites excluding steroid dienone is 1. The summed E-state index contributed by atoms with van der Waals surface area (Å²) < 4.78 is 5.12. The largest absolute Gasteiger partial charge is 0.502 e. The van der Waals surface area contributed by atoms with Gasteiger partial charge in [-0.05, 0) is 18.9 Å². The van der Waals surface area contributed by atoms with Crippen LogP contribution in [0, 0.1) is 0 Å². The Morgan fingerprint density at radius 2 is 1.40 bits per heavy atom. The predicted molar refractivity (Wildman–Crippen MR) is 106 cm³/mol. The van der Waals surface area contributed by atoms with Gasteiger partial charge in [-0.25, -0.2) is 0 Å². The van der Waals surface area contributed by atoms with E-state index in [1.807, 2.05) is 6.08 Å². The van der Waals surface area contributed by atoms with Crippen molar-refractivity contribution in [1.82, 2.24) is 0 Å². The van der Waals surface area contributed by atoms with Gasteiger partial charge in [0.05, 0.1) is 0 Å². The van der Waals surface area contributed by atoms with Gasteiger partial charge in [-0.2, -0.15) is 0 Å². The highest BCUT2D eigenvalue weighted by Gasteiger charge is 1.98. The highest BCUT2D eigenvalue weighted by Crippen LogP contribution is 2.13. The molecule has 0 aliphatic heterocycles.